The van der Waals surface area contributed by atoms with Crippen molar-refractivity contribution in [2.45, 2.75) is 25.9 Å². The van der Waals surface area contributed by atoms with Crippen molar-refractivity contribution in [2.75, 3.05) is 0 Å². The second-order valence-corrected chi connectivity index (χ2v) is 5.55. The molecule has 4 heteroatoms. The molecule has 96 valence electrons. The number of aliphatic hydroxyl groups excluding tert-OH is 1. The molecule has 0 aliphatic rings. The number of hydrogen-bond acceptors (Lipinski definition) is 2. The number of nitrogens with zero attached hydrogens (tertiary/aromatic N) is 2. The smallest absolute Gasteiger partial charge is 0.0793 e. The molecule has 0 bridgehead atoms. The van der Waals surface area contributed by atoms with Gasteiger partial charge in [-0.05, 0) is 48.6 Å². The summed E-state index contributed by atoms with van der Waals surface area (Å²) >= 11 is 3.46. The lowest BCUT2D eigenvalue weighted by Crippen LogP contribution is -2.00. The van der Waals surface area contributed by atoms with E-state index in [2.05, 4.69) is 21.0 Å². The monoisotopic (exact) mass is 308 g/mol. The van der Waals surface area contributed by atoms with E-state index < -0.39 is 6.10 Å². The summed E-state index contributed by atoms with van der Waals surface area (Å²) < 4.78 is 2.79. The van der Waals surface area contributed by atoms with Gasteiger partial charge in [-0.15, -0.1) is 0 Å². The van der Waals surface area contributed by atoms with Crippen LogP contribution >= 0.6 is 15.9 Å². The Hall–Kier alpha value is -1.13. The first-order valence-electron chi connectivity index (χ1n) is 5.97. The van der Waals surface area contributed by atoms with E-state index in [0.29, 0.717) is 6.42 Å². The van der Waals surface area contributed by atoms with Gasteiger partial charge in [0.25, 0.3) is 0 Å². The number of aryl methyl sites for hydroxylation is 3. The number of halogens is 1. The van der Waals surface area contributed by atoms with E-state index in [1.807, 2.05) is 44.6 Å². The summed E-state index contributed by atoms with van der Waals surface area (Å²) in [6.45, 7) is 2.03. The minimum atomic E-state index is -0.429. The molecule has 1 N–H and O–H groups in total. The summed E-state index contributed by atoms with van der Waals surface area (Å²) in [5.74, 6) is 0. The molecule has 1 aromatic carbocycles. The van der Waals surface area contributed by atoms with E-state index in [0.717, 1.165) is 27.6 Å². The molecule has 1 unspecified atom stereocenters. The summed E-state index contributed by atoms with van der Waals surface area (Å²) in [5.41, 5.74) is 3.27. The molecular formula is C14H17BrN2O. The number of hydrogen-bond donors (Lipinski definition) is 1. The summed E-state index contributed by atoms with van der Waals surface area (Å²) in [6, 6.07) is 6.04. The van der Waals surface area contributed by atoms with Crippen LogP contribution in [0.1, 0.15) is 29.2 Å². The normalized spacial score (nSPS) is 12.7. The van der Waals surface area contributed by atoms with Crippen molar-refractivity contribution < 1.29 is 5.11 Å². The van der Waals surface area contributed by atoms with Crippen LogP contribution < -0.4 is 0 Å². The van der Waals surface area contributed by atoms with Crippen LogP contribution in [0.5, 0.6) is 0 Å². The Bertz CT molecular complexity index is 516. The zero-order valence-corrected chi connectivity index (χ0v) is 12.2. The van der Waals surface area contributed by atoms with Crippen LogP contribution in [-0.4, -0.2) is 14.9 Å². The van der Waals surface area contributed by atoms with E-state index in [4.69, 9.17) is 0 Å². The number of rotatable bonds is 4. The largest absolute Gasteiger partial charge is 0.388 e. The molecular weight excluding hydrogens is 292 g/mol. The van der Waals surface area contributed by atoms with Crippen molar-refractivity contribution in [1.29, 1.82) is 0 Å². The lowest BCUT2D eigenvalue weighted by Gasteiger charge is -2.11. The van der Waals surface area contributed by atoms with Gasteiger partial charge < -0.3 is 5.11 Å². The van der Waals surface area contributed by atoms with Gasteiger partial charge in [0.15, 0.2) is 0 Å². The summed E-state index contributed by atoms with van der Waals surface area (Å²) in [7, 11) is 1.90. The van der Waals surface area contributed by atoms with Gasteiger partial charge in [-0.25, -0.2) is 0 Å². The highest BCUT2D eigenvalue weighted by atomic mass is 79.9. The van der Waals surface area contributed by atoms with Crippen LogP contribution in [0.2, 0.25) is 0 Å². The molecule has 0 aliphatic heterocycles. The van der Waals surface area contributed by atoms with Crippen LogP contribution in [0, 0.1) is 6.92 Å². The van der Waals surface area contributed by atoms with Gasteiger partial charge in [0.05, 0.1) is 12.3 Å². The number of benzene rings is 1. The molecule has 0 fully saturated rings. The number of aliphatic hydroxyl groups is 1. The van der Waals surface area contributed by atoms with Crippen molar-refractivity contribution in [2.24, 2.45) is 7.05 Å². The second-order valence-electron chi connectivity index (χ2n) is 4.64. The van der Waals surface area contributed by atoms with Gasteiger partial charge in [-0.3, -0.25) is 4.68 Å². The summed E-state index contributed by atoms with van der Waals surface area (Å²) in [4.78, 5) is 0. The SMILES string of the molecule is Cc1cc(Br)cc(C(O)CCc2cnn(C)c2)c1. The Labute approximate surface area is 116 Å². The zero-order chi connectivity index (χ0) is 13.1. The third kappa shape index (κ3) is 3.43. The van der Waals surface area contributed by atoms with Crippen LogP contribution in [0.25, 0.3) is 0 Å². The van der Waals surface area contributed by atoms with E-state index in [1.165, 1.54) is 0 Å². The first-order chi connectivity index (χ1) is 8.54. The minimum absolute atomic E-state index is 0.429. The van der Waals surface area contributed by atoms with Crippen molar-refractivity contribution in [3.63, 3.8) is 0 Å². The van der Waals surface area contributed by atoms with Crippen molar-refractivity contribution in [3.8, 4) is 0 Å². The molecule has 0 radical (unpaired) electrons. The van der Waals surface area contributed by atoms with Crippen molar-refractivity contribution in [3.05, 3.63) is 51.8 Å². The third-order valence-corrected chi connectivity index (χ3v) is 3.37. The number of aromatic nitrogens is 2. The highest BCUT2D eigenvalue weighted by Gasteiger charge is 2.09. The maximum Gasteiger partial charge on any atom is 0.0793 e. The molecule has 0 saturated heterocycles. The van der Waals surface area contributed by atoms with E-state index in [-0.39, 0.29) is 0 Å². The van der Waals surface area contributed by atoms with Crippen LogP contribution in [0.15, 0.2) is 35.1 Å². The lowest BCUT2D eigenvalue weighted by molar-refractivity contribution is 0.167. The molecule has 0 saturated carbocycles. The van der Waals surface area contributed by atoms with Crippen LogP contribution in [0.4, 0.5) is 0 Å². The van der Waals surface area contributed by atoms with Crippen LogP contribution in [-0.2, 0) is 13.5 Å². The Balaban J connectivity index is 2.01. The maximum absolute atomic E-state index is 10.2. The second kappa shape index (κ2) is 5.67. The molecule has 2 rings (SSSR count). The van der Waals surface area contributed by atoms with Crippen molar-refractivity contribution in [1.82, 2.24) is 9.78 Å². The predicted octanol–water partition coefficient (Wildman–Crippen LogP) is 3.16. The average Bonchev–Trinajstić information content (AvgIpc) is 2.70. The molecule has 18 heavy (non-hydrogen) atoms. The maximum atomic E-state index is 10.2. The van der Waals surface area contributed by atoms with Gasteiger partial charge in [0.2, 0.25) is 0 Å². The first kappa shape index (κ1) is 13.3. The zero-order valence-electron chi connectivity index (χ0n) is 10.6. The Morgan fingerprint density at radius 3 is 2.78 bits per heavy atom. The van der Waals surface area contributed by atoms with Gasteiger partial charge >= 0.3 is 0 Å². The van der Waals surface area contributed by atoms with Gasteiger partial charge in [-0.2, -0.15) is 5.10 Å². The molecule has 1 heterocycles. The fraction of sp³-hybridized carbons (Fsp3) is 0.357. The first-order valence-corrected chi connectivity index (χ1v) is 6.76. The highest BCUT2D eigenvalue weighted by Crippen LogP contribution is 2.23. The Morgan fingerprint density at radius 2 is 2.17 bits per heavy atom. The fourth-order valence-corrected chi connectivity index (χ4v) is 2.65. The van der Waals surface area contributed by atoms with Gasteiger partial charge in [0, 0.05) is 17.7 Å². The Kier molecular flexibility index (Phi) is 4.19. The lowest BCUT2D eigenvalue weighted by atomic mass is 10.0. The Morgan fingerprint density at radius 1 is 1.39 bits per heavy atom. The van der Waals surface area contributed by atoms with E-state index in [1.54, 1.807) is 4.68 Å². The molecule has 0 aliphatic carbocycles. The standard InChI is InChI=1S/C14H17BrN2O/c1-10-5-12(7-13(15)6-10)14(18)4-3-11-8-16-17(2)9-11/h5-9,14,18H,3-4H2,1-2H3. The summed E-state index contributed by atoms with van der Waals surface area (Å²) in [6.07, 6.45) is 4.95. The van der Waals surface area contributed by atoms with Crippen molar-refractivity contribution >= 4 is 15.9 Å². The molecule has 2 aromatic rings. The molecule has 1 aromatic heterocycles. The van der Waals surface area contributed by atoms with E-state index in [9.17, 15) is 5.11 Å². The fourth-order valence-electron chi connectivity index (χ4n) is 2.03. The predicted molar refractivity (Wildman–Crippen MR) is 75.4 cm³/mol. The van der Waals surface area contributed by atoms with Crippen LogP contribution in [0.3, 0.4) is 0 Å². The summed E-state index contributed by atoms with van der Waals surface area (Å²) in [5, 5.41) is 14.3. The molecule has 3 nitrogen and oxygen atoms in total. The third-order valence-electron chi connectivity index (χ3n) is 2.91. The van der Waals surface area contributed by atoms with E-state index >= 15 is 0 Å². The topological polar surface area (TPSA) is 38.1 Å². The highest BCUT2D eigenvalue weighted by molar-refractivity contribution is 9.10. The molecule has 1 atom stereocenters. The quantitative estimate of drug-likeness (QED) is 0.942. The molecule has 0 spiro atoms. The minimum Gasteiger partial charge on any atom is -0.388 e. The van der Waals surface area contributed by atoms with Gasteiger partial charge in [0.1, 0.15) is 0 Å². The van der Waals surface area contributed by atoms with Gasteiger partial charge in [-0.1, -0.05) is 22.0 Å². The molecule has 0 amide bonds. The average molecular weight is 309 g/mol.